The van der Waals surface area contributed by atoms with Crippen molar-refractivity contribution in [3.63, 3.8) is 0 Å². The molecule has 2 N–H and O–H groups in total. The Balaban J connectivity index is 2.30. The maximum absolute atomic E-state index is 11.0. The maximum atomic E-state index is 11.0. The summed E-state index contributed by atoms with van der Waals surface area (Å²) in [6.45, 7) is 2.79. The zero-order chi connectivity index (χ0) is 11.5. The number of aryl methyl sites for hydroxylation is 1. The summed E-state index contributed by atoms with van der Waals surface area (Å²) in [5, 5.41) is 0. The van der Waals surface area contributed by atoms with Crippen molar-refractivity contribution < 1.29 is 4.79 Å². The Bertz CT molecular complexity index is 392. The molecule has 0 aliphatic carbocycles. The molecule has 1 saturated heterocycles. The third kappa shape index (κ3) is 2.01. The SMILES string of the molecule is Cc1nc(N)ccc1C1CCCCN1C=O. The number of nitrogens with two attached hydrogens (primary N) is 1. The molecule has 0 bridgehead atoms. The fourth-order valence-electron chi connectivity index (χ4n) is 2.36. The van der Waals surface area contributed by atoms with Crippen molar-refractivity contribution >= 4 is 12.2 Å². The minimum atomic E-state index is 0.180. The largest absolute Gasteiger partial charge is 0.384 e. The number of hydrogen-bond acceptors (Lipinski definition) is 3. The molecular formula is C12H17N3O. The minimum absolute atomic E-state index is 0.180. The average molecular weight is 219 g/mol. The first-order valence-electron chi connectivity index (χ1n) is 5.66. The lowest BCUT2D eigenvalue weighted by molar-refractivity contribution is -0.121. The summed E-state index contributed by atoms with van der Waals surface area (Å²) < 4.78 is 0. The highest BCUT2D eigenvalue weighted by Gasteiger charge is 2.24. The van der Waals surface area contributed by atoms with Gasteiger partial charge in [-0.2, -0.15) is 0 Å². The van der Waals surface area contributed by atoms with Crippen molar-refractivity contribution in [2.75, 3.05) is 12.3 Å². The van der Waals surface area contributed by atoms with Gasteiger partial charge in [0.15, 0.2) is 0 Å². The van der Waals surface area contributed by atoms with Crippen LogP contribution in [0.25, 0.3) is 0 Å². The summed E-state index contributed by atoms with van der Waals surface area (Å²) in [6, 6.07) is 3.98. The molecule has 1 aliphatic heterocycles. The second kappa shape index (κ2) is 4.51. The number of nitrogens with zero attached hydrogens (tertiary/aromatic N) is 2. The van der Waals surface area contributed by atoms with Crippen molar-refractivity contribution in [2.45, 2.75) is 32.2 Å². The number of likely N-dealkylation sites (tertiary alicyclic amines) is 1. The number of carbonyl (C=O) groups is 1. The van der Waals surface area contributed by atoms with Crippen LogP contribution >= 0.6 is 0 Å². The normalized spacial score (nSPS) is 20.8. The molecule has 1 aliphatic rings. The Labute approximate surface area is 95.5 Å². The van der Waals surface area contributed by atoms with Gasteiger partial charge in [0.2, 0.25) is 6.41 Å². The predicted molar refractivity (Wildman–Crippen MR) is 62.7 cm³/mol. The molecule has 4 heteroatoms. The summed E-state index contributed by atoms with van der Waals surface area (Å²) in [4.78, 5) is 17.1. The van der Waals surface area contributed by atoms with E-state index in [1.165, 1.54) is 6.42 Å². The zero-order valence-electron chi connectivity index (χ0n) is 9.52. The molecule has 0 radical (unpaired) electrons. The molecule has 1 fully saturated rings. The van der Waals surface area contributed by atoms with Crippen LogP contribution < -0.4 is 5.73 Å². The number of anilines is 1. The van der Waals surface area contributed by atoms with Gasteiger partial charge >= 0.3 is 0 Å². The summed E-state index contributed by atoms with van der Waals surface area (Å²) in [6.07, 6.45) is 4.22. The quantitative estimate of drug-likeness (QED) is 0.769. The van der Waals surface area contributed by atoms with E-state index >= 15 is 0 Å². The lowest BCUT2D eigenvalue weighted by Gasteiger charge is -2.33. The van der Waals surface area contributed by atoms with Crippen molar-refractivity contribution in [3.8, 4) is 0 Å². The van der Waals surface area contributed by atoms with Crippen LogP contribution in [0.5, 0.6) is 0 Å². The molecule has 0 aromatic carbocycles. The van der Waals surface area contributed by atoms with Gasteiger partial charge in [0.1, 0.15) is 5.82 Å². The lowest BCUT2D eigenvalue weighted by atomic mass is 9.95. The highest BCUT2D eigenvalue weighted by molar-refractivity contribution is 5.50. The zero-order valence-corrected chi connectivity index (χ0v) is 9.52. The Kier molecular flexibility index (Phi) is 3.08. The minimum Gasteiger partial charge on any atom is -0.384 e. The number of hydrogen-bond donors (Lipinski definition) is 1. The highest BCUT2D eigenvalue weighted by Crippen LogP contribution is 2.31. The van der Waals surface area contributed by atoms with E-state index in [0.29, 0.717) is 5.82 Å². The van der Waals surface area contributed by atoms with E-state index in [0.717, 1.165) is 37.1 Å². The van der Waals surface area contributed by atoms with Gasteiger partial charge in [0.05, 0.1) is 6.04 Å². The van der Waals surface area contributed by atoms with Crippen LogP contribution in [-0.2, 0) is 4.79 Å². The lowest BCUT2D eigenvalue weighted by Crippen LogP contribution is -2.32. The van der Waals surface area contributed by atoms with Gasteiger partial charge in [0.25, 0.3) is 0 Å². The van der Waals surface area contributed by atoms with E-state index in [4.69, 9.17) is 5.73 Å². The molecule has 0 spiro atoms. The number of nitrogen functional groups attached to an aromatic ring is 1. The average Bonchev–Trinajstić information content (AvgIpc) is 2.29. The van der Waals surface area contributed by atoms with Crippen LogP contribution in [0.3, 0.4) is 0 Å². The number of piperidine rings is 1. The van der Waals surface area contributed by atoms with Crippen LogP contribution in [0.1, 0.15) is 36.6 Å². The summed E-state index contributed by atoms with van der Waals surface area (Å²) in [7, 11) is 0. The Morgan fingerprint density at radius 1 is 1.50 bits per heavy atom. The number of pyridine rings is 1. The molecule has 2 heterocycles. The van der Waals surface area contributed by atoms with Crippen LogP contribution in [0.15, 0.2) is 12.1 Å². The van der Waals surface area contributed by atoms with Crippen LogP contribution in [0.4, 0.5) is 5.82 Å². The molecule has 86 valence electrons. The van der Waals surface area contributed by atoms with Gasteiger partial charge < -0.3 is 10.6 Å². The Morgan fingerprint density at radius 2 is 2.31 bits per heavy atom. The molecule has 1 amide bonds. The molecule has 1 aromatic heterocycles. The Morgan fingerprint density at radius 3 is 3.00 bits per heavy atom. The van der Waals surface area contributed by atoms with E-state index in [2.05, 4.69) is 4.98 Å². The molecule has 2 rings (SSSR count). The first-order chi connectivity index (χ1) is 7.72. The summed E-state index contributed by atoms with van der Waals surface area (Å²) in [5.74, 6) is 0.537. The molecule has 1 aromatic rings. The van der Waals surface area contributed by atoms with Gasteiger partial charge in [-0.25, -0.2) is 4.98 Å². The van der Waals surface area contributed by atoms with Crippen molar-refractivity contribution in [3.05, 3.63) is 23.4 Å². The summed E-state index contributed by atoms with van der Waals surface area (Å²) in [5.41, 5.74) is 7.69. The third-order valence-corrected chi connectivity index (χ3v) is 3.19. The van der Waals surface area contributed by atoms with E-state index in [1.807, 2.05) is 17.9 Å². The van der Waals surface area contributed by atoms with E-state index in [9.17, 15) is 4.79 Å². The van der Waals surface area contributed by atoms with Crippen LogP contribution in [-0.4, -0.2) is 22.8 Å². The maximum Gasteiger partial charge on any atom is 0.210 e. The smallest absolute Gasteiger partial charge is 0.210 e. The highest BCUT2D eigenvalue weighted by atomic mass is 16.1. The Hall–Kier alpha value is -1.58. The predicted octanol–water partition coefficient (Wildman–Crippen LogP) is 1.66. The van der Waals surface area contributed by atoms with Crippen molar-refractivity contribution in [1.82, 2.24) is 9.88 Å². The molecule has 16 heavy (non-hydrogen) atoms. The van der Waals surface area contributed by atoms with Gasteiger partial charge in [-0.05, 0) is 37.8 Å². The molecule has 0 saturated carbocycles. The first kappa shape index (κ1) is 10.9. The number of carbonyl (C=O) groups excluding carboxylic acids is 1. The monoisotopic (exact) mass is 219 g/mol. The van der Waals surface area contributed by atoms with Crippen molar-refractivity contribution in [2.24, 2.45) is 0 Å². The van der Waals surface area contributed by atoms with E-state index in [-0.39, 0.29) is 6.04 Å². The molecule has 1 atom stereocenters. The third-order valence-electron chi connectivity index (χ3n) is 3.19. The van der Waals surface area contributed by atoms with Gasteiger partial charge in [-0.15, -0.1) is 0 Å². The summed E-state index contributed by atoms with van der Waals surface area (Å²) >= 11 is 0. The number of rotatable bonds is 2. The van der Waals surface area contributed by atoms with Gasteiger partial charge in [-0.3, -0.25) is 4.79 Å². The molecular weight excluding hydrogens is 202 g/mol. The van der Waals surface area contributed by atoms with Crippen LogP contribution in [0, 0.1) is 6.92 Å². The molecule has 1 unspecified atom stereocenters. The number of aromatic nitrogens is 1. The fraction of sp³-hybridized carbons (Fsp3) is 0.500. The van der Waals surface area contributed by atoms with Crippen molar-refractivity contribution in [1.29, 1.82) is 0 Å². The topological polar surface area (TPSA) is 59.2 Å². The van der Waals surface area contributed by atoms with E-state index < -0.39 is 0 Å². The van der Waals surface area contributed by atoms with E-state index in [1.54, 1.807) is 6.07 Å². The van der Waals surface area contributed by atoms with Gasteiger partial charge in [-0.1, -0.05) is 6.07 Å². The second-order valence-corrected chi connectivity index (χ2v) is 4.27. The van der Waals surface area contributed by atoms with Gasteiger partial charge in [0, 0.05) is 12.2 Å². The fourth-order valence-corrected chi connectivity index (χ4v) is 2.36. The first-order valence-corrected chi connectivity index (χ1v) is 5.66. The number of amides is 1. The second-order valence-electron chi connectivity index (χ2n) is 4.27. The molecule has 4 nitrogen and oxygen atoms in total. The van der Waals surface area contributed by atoms with Crippen LogP contribution in [0.2, 0.25) is 0 Å². The standard InChI is InChI=1S/C12H17N3O/c1-9-10(5-6-12(13)14-9)11-4-2-3-7-15(11)8-16/h5-6,8,11H,2-4,7H2,1H3,(H2,13,14).